The molecule has 2 N–H and O–H groups in total. The van der Waals surface area contributed by atoms with Crippen molar-refractivity contribution < 1.29 is 9.59 Å². The summed E-state index contributed by atoms with van der Waals surface area (Å²) in [6.07, 6.45) is 1.00. The number of aromatic nitrogens is 2. The lowest BCUT2D eigenvalue weighted by atomic mass is 9.86. The first kappa shape index (κ1) is 18.9. The number of hydrogen-bond acceptors (Lipinski definition) is 4. The van der Waals surface area contributed by atoms with Crippen molar-refractivity contribution >= 4 is 27.7 Å². The van der Waals surface area contributed by atoms with Crippen LogP contribution >= 0.6 is 15.9 Å². The van der Waals surface area contributed by atoms with Gasteiger partial charge in [-0.15, -0.1) is 0 Å². The van der Waals surface area contributed by atoms with E-state index in [-0.39, 0.29) is 11.8 Å². The molecule has 2 rings (SSSR count). The van der Waals surface area contributed by atoms with E-state index in [1.807, 2.05) is 32.4 Å². The second-order valence-electron chi connectivity index (χ2n) is 7.31. The maximum absolute atomic E-state index is 12.8. The zero-order chi connectivity index (χ0) is 18.1. The Morgan fingerprint density at radius 2 is 1.96 bits per heavy atom. The number of nitrogens with one attached hydrogen (secondary N) is 2. The smallest absolute Gasteiger partial charge is 0.272 e. The summed E-state index contributed by atoms with van der Waals surface area (Å²) < 4.78 is 2.69. The quantitative estimate of drug-likeness (QED) is 0.804. The van der Waals surface area contributed by atoms with Crippen LogP contribution in [0.3, 0.4) is 0 Å². The number of carbonyl (C=O) groups excluding carboxylic acids is 2. The molecule has 0 spiro atoms. The molecule has 0 radical (unpaired) electrons. The van der Waals surface area contributed by atoms with E-state index in [0.29, 0.717) is 17.0 Å². The lowest BCUT2D eigenvalue weighted by Gasteiger charge is -2.29. The molecular weight excluding hydrogens is 374 g/mol. The molecule has 0 aromatic carbocycles. The highest BCUT2D eigenvalue weighted by Crippen LogP contribution is 2.24. The Hall–Kier alpha value is -1.41. The predicted octanol–water partition coefficient (Wildman–Crippen LogP) is 1.37. The van der Waals surface area contributed by atoms with Gasteiger partial charge in [0.25, 0.3) is 5.91 Å². The van der Waals surface area contributed by atoms with Crippen LogP contribution in [0.15, 0.2) is 4.73 Å². The lowest BCUT2D eigenvalue weighted by molar-refractivity contribution is -0.124. The largest absolute Gasteiger partial charge is 0.357 e. The molecule has 1 aliphatic rings. The average Bonchev–Trinajstić information content (AvgIpc) is 2.68. The van der Waals surface area contributed by atoms with Crippen LogP contribution in [-0.2, 0) is 17.9 Å². The van der Waals surface area contributed by atoms with Crippen LogP contribution in [0.2, 0.25) is 0 Å². The van der Waals surface area contributed by atoms with E-state index in [2.05, 4.69) is 36.4 Å². The molecule has 8 heteroatoms. The Kier molecular flexibility index (Phi) is 5.70. The number of amides is 2. The number of nitrogens with zero attached hydrogens (tertiary/aromatic N) is 3. The third-order valence-corrected chi connectivity index (χ3v) is 4.84. The summed E-state index contributed by atoms with van der Waals surface area (Å²) in [5.74, 6) is -0.527. The Balaban J connectivity index is 2.31. The molecule has 1 unspecified atom stereocenters. The summed E-state index contributed by atoms with van der Waals surface area (Å²) >= 11 is 3.45. The molecule has 7 nitrogen and oxygen atoms in total. The van der Waals surface area contributed by atoms with Crippen molar-refractivity contribution in [2.45, 2.75) is 46.3 Å². The number of halogens is 1. The Morgan fingerprint density at radius 1 is 1.29 bits per heavy atom. The third-order valence-electron chi connectivity index (χ3n) is 4.23. The second-order valence-corrected chi connectivity index (χ2v) is 8.02. The summed E-state index contributed by atoms with van der Waals surface area (Å²) in [4.78, 5) is 31.5. The van der Waals surface area contributed by atoms with E-state index in [4.69, 9.17) is 0 Å². The first-order chi connectivity index (χ1) is 11.1. The number of fused-ring (bicyclic) bond motifs is 1. The van der Waals surface area contributed by atoms with Crippen molar-refractivity contribution in [1.29, 1.82) is 0 Å². The molecule has 24 heavy (non-hydrogen) atoms. The van der Waals surface area contributed by atoms with Crippen LogP contribution in [0, 0.1) is 5.41 Å². The molecule has 1 aromatic rings. The monoisotopic (exact) mass is 399 g/mol. The predicted molar refractivity (Wildman–Crippen MR) is 95.7 cm³/mol. The van der Waals surface area contributed by atoms with E-state index < -0.39 is 11.5 Å². The Morgan fingerprint density at radius 3 is 2.54 bits per heavy atom. The highest BCUT2D eigenvalue weighted by molar-refractivity contribution is 9.10. The third kappa shape index (κ3) is 3.97. The van der Waals surface area contributed by atoms with Gasteiger partial charge >= 0.3 is 0 Å². The molecule has 1 atom stereocenters. The van der Waals surface area contributed by atoms with Crippen molar-refractivity contribution in [3.8, 4) is 0 Å². The van der Waals surface area contributed by atoms with Crippen molar-refractivity contribution in [1.82, 2.24) is 25.1 Å². The Labute approximate surface area is 151 Å². The minimum Gasteiger partial charge on any atom is -0.357 e. The fraction of sp³-hybridized carbons (Fsp3) is 0.688. The van der Waals surface area contributed by atoms with Gasteiger partial charge in [0, 0.05) is 20.1 Å². The molecule has 134 valence electrons. The topological polar surface area (TPSA) is 79.3 Å². The van der Waals surface area contributed by atoms with Crippen LogP contribution in [0.5, 0.6) is 0 Å². The maximum Gasteiger partial charge on any atom is 0.272 e. The molecular formula is C16H26BrN5O2. The van der Waals surface area contributed by atoms with Gasteiger partial charge in [-0.05, 0) is 41.4 Å². The van der Waals surface area contributed by atoms with Crippen LogP contribution < -0.4 is 10.6 Å². The molecule has 2 amide bonds. The minimum absolute atomic E-state index is 0.211. The van der Waals surface area contributed by atoms with E-state index in [0.717, 1.165) is 25.2 Å². The van der Waals surface area contributed by atoms with Crippen LogP contribution in [0.4, 0.5) is 0 Å². The molecule has 0 fully saturated rings. The van der Waals surface area contributed by atoms with Crippen LogP contribution in [0.1, 0.15) is 43.4 Å². The Bertz CT molecular complexity index is 635. The summed E-state index contributed by atoms with van der Waals surface area (Å²) in [5.41, 5.74) is 0.859. The van der Waals surface area contributed by atoms with Gasteiger partial charge in [-0.2, -0.15) is 0 Å². The van der Waals surface area contributed by atoms with Crippen molar-refractivity contribution in [2.75, 3.05) is 20.6 Å². The second kappa shape index (κ2) is 7.23. The molecule has 0 saturated carbocycles. The van der Waals surface area contributed by atoms with E-state index in [1.165, 1.54) is 0 Å². The first-order valence-electron chi connectivity index (χ1n) is 8.11. The standard InChI is InChI=1S/C16H26BrN5O2/c1-16(2,3)12(14(24)18-4)20-13(23)11-10-9-21(5)7-6-8-22(10)15(17)19-11/h12H,6-9H2,1-5H3,(H,18,24)(H,20,23). The number of imidazole rings is 1. The number of likely N-dealkylation sites (N-methyl/N-ethyl adjacent to an activating group) is 1. The highest BCUT2D eigenvalue weighted by Gasteiger charge is 2.34. The molecule has 2 heterocycles. The van der Waals surface area contributed by atoms with E-state index in [1.54, 1.807) is 7.05 Å². The van der Waals surface area contributed by atoms with Crippen LogP contribution in [-0.4, -0.2) is 52.9 Å². The fourth-order valence-electron chi connectivity index (χ4n) is 2.88. The minimum atomic E-state index is -0.630. The number of rotatable bonds is 3. The summed E-state index contributed by atoms with van der Waals surface area (Å²) in [6.45, 7) is 8.21. The van der Waals surface area contributed by atoms with Gasteiger partial charge in [0.2, 0.25) is 5.91 Å². The number of carbonyl (C=O) groups is 2. The van der Waals surface area contributed by atoms with Gasteiger partial charge in [0.05, 0.1) is 5.69 Å². The summed E-state index contributed by atoms with van der Waals surface area (Å²) in [6, 6.07) is -0.630. The van der Waals surface area contributed by atoms with Gasteiger partial charge in [-0.25, -0.2) is 4.98 Å². The van der Waals surface area contributed by atoms with Crippen LogP contribution in [0.25, 0.3) is 0 Å². The van der Waals surface area contributed by atoms with Gasteiger partial charge in [0.1, 0.15) is 6.04 Å². The van der Waals surface area contributed by atoms with Gasteiger partial charge in [0.15, 0.2) is 10.4 Å². The van der Waals surface area contributed by atoms with E-state index in [9.17, 15) is 9.59 Å². The molecule has 0 bridgehead atoms. The van der Waals surface area contributed by atoms with E-state index >= 15 is 0 Å². The zero-order valence-corrected chi connectivity index (χ0v) is 16.5. The summed E-state index contributed by atoms with van der Waals surface area (Å²) in [5, 5.41) is 5.47. The number of hydrogen-bond donors (Lipinski definition) is 2. The molecule has 0 saturated heterocycles. The normalized spacial score (nSPS) is 16.9. The fourth-order valence-corrected chi connectivity index (χ4v) is 3.45. The van der Waals surface area contributed by atoms with Crippen molar-refractivity contribution in [3.05, 3.63) is 16.1 Å². The van der Waals surface area contributed by atoms with Gasteiger partial charge in [-0.1, -0.05) is 20.8 Å². The highest BCUT2D eigenvalue weighted by atomic mass is 79.9. The molecule has 1 aliphatic heterocycles. The van der Waals surface area contributed by atoms with Crippen molar-refractivity contribution in [3.63, 3.8) is 0 Å². The zero-order valence-electron chi connectivity index (χ0n) is 14.9. The van der Waals surface area contributed by atoms with Gasteiger partial charge < -0.3 is 20.1 Å². The SMILES string of the molecule is CNC(=O)C(NC(=O)c1nc(Br)n2c1CN(C)CCC2)C(C)(C)C. The molecule has 0 aliphatic carbocycles. The van der Waals surface area contributed by atoms with Gasteiger partial charge in [-0.3, -0.25) is 9.59 Å². The average molecular weight is 400 g/mol. The maximum atomic E-state index is 12.8. The first-order valence-corrected chi connectivity index (χ1v) is 8.90. The van der Waals surface area contributed by atoms with Crippen molar-refractivity contribution in [2.24, 2.45) is 5.41 Å². The molecule has 1 aromatic heterocycles. The summed E-state index contributed by atoms with van der Waals surface area (Å²) in [7, 11) is 3.60. The lowest BCUT2D eigenvalue weighted by Crippen LogP contribution is -2.53.